The van der Waals surface area contributed by atoms with Crippen LogP contribution in [0.15, 0.2) is 50.2 Å². The molecule has 2 aromatic carbocycles. The van der Waals surface area contributed by atoms with Gasteiger partial charge in [-0.15, -0.1) is 0 Å². The van der Waals surface area contributed by atoms with Gasteiger partial charge in [0, 0.05) is 21.6 Å². The Labute approximate surface area is 149 Å². The molecular formula is C14H11Br2FN2O3S. The third-order valence-electron chi connectivity index (χ3n) is 2.71. The van der Waals surface area contributed by atoms with Crippen LogP contribution in [0.25, 0.3) is 0 Å². The highest BCUT2D eigenvalue weighted by Crippen LogP contribution is 2.29. The van der Waals surface area contributed by atoms with Crippen LogP contribution in [0.4, 0.5) is 15.8 Å². The van der Waals surface area contributed by atoms with Gasteiger partial charge in [0.2, 0.25) is 5.91 Å². The zero-order chi connectivity index (χ0) is 17.2. The number of carbonyl (C=O) groups is 1. The van der Waals surface area contributed by atoms with E-state index in [1.54, 1.807) is 12.1 Å². The molecule has 0 aromatic heterocycles. The molecule has 0 unspecified atom stereocenters. The van der Waals surface area contributed by atoms with Gasteiger partial charge in [-0.3, -0.25) is 9.52 Å². The van der Waals surface area contributed by atoms with Crippen LogP contribution in [-0.2, 0) is 14.8 Å². The van der Waals surface area contributed by atoms with E-state index in [1.807, 2.05) is 0 Å². The molecule has 2 aromatic rings. The van der Waals surface area contributed by atoms with E-state index in [2.05, 4.69) is 41.9 Å². The number of nitrogens with one attached hydrogen (secondary N) is 2. The Hall–Kier alpha value is -1.45. The van der Waals surface area contributed by atoms with E-state index < -0.39 is 15.8 Å². The molecule has 0 saturated carbocycles. The van der Waals surface area contributed by atoms with E-state index in [-0.39, 0.29) is 22.2 Å². The molecule has 0 bridgehead atoms. The van der Waals surface area contributed by atoms with Crippen molar-refractivity contribution in [3.8, 4) is 0 Å². The second kappa shape index (κ2) is 6.98. The number of halogens is 3. The molecule has 0 atom stereocenters. The van der Waals surface area contributed by atoms with Crippen LogP contribution in [0.3, 0.4) is 0 Å². The van der Waals surface area contributed by atoms with E-state index in [0.717, 1.165) is 6.07 Å². The Morgan fingerprint density at radius 1 is 1.13 bits per heavy atom. The van der Waals surface area contributed by atoms with Crippen molar-refractivity contribution in [3.05, 3.63) is 51.2 Å². The molecule has 0 aliphatic heterocycles. The topological polar surface area (TPSA) is 75.3 Å². The fourth-order valence-corrected chi connectivity index (χ4v) is 4.33. The second-order valence-electron chi connectivity index (χ2n) is 4.56. The quantitative estimate of drug-likeness (QED) is 0.713. The van der Waals surface area contributed by atoms with Gasteiger partial charge in [-0.05, 0) is 52.3 Å². The Morgan fingerprint density at radius 2 is 1.83 bits per heavy atom. The first-order chi connectivity index (χ1) is 10.7. The first-order valence-corrected chi connectivity index (χ1v) is 9.31. The Kier molecular flexibility index (Phi) is 5.43. The molecule has 0 saturated heterocycles. The van der Waals surface area contributed by atoms with Gasteiger partial charge >= 0.3 is 0 Å². The number of benzene rings is 2. The highest BCUT2D eigenvalue weighted by Gasteiger charge is 2.20. The number of amides is 1. The number of hydrogen-bond donors (Lipinski definition) is 2. The number of rotatable bonds is 4. The molecule has 9 heteroatoms. The third kappa shape index (κ3) is 4.52. The van der Waals surface area contributed by atoms with E-state index in [1.165, 1.54) is 25.1 Å². The molecule has 0 heterocycles. The minimum Gasteiger partial charge on any atom is -0.326 e. The van der Waals surface area contributed by atoms with Crippen molar-refractivity contribution in [2.45, 2.75) is 11.8 Å². The highest BCUT2D eigenvalue weighted by molar-refractivity contribution is 9.11. The van der Waals surface area contributed by atoms with Crippen molar-refractivity contribution in [1.82, 2.24) is 0 Å². The fraction of sp³-hybridized carbons (Fsp3) is 0.0714. The average molecular weight is 466 g/mol. The van der Waals surface area contributed by atoms with Crippen molar-refractivity contribution < 1.29 is 17.6 Å². The summed E-state index contributed by atoms with van der Waals surface area (Å²) in [6.45, 7) is 1.30. The Balaban J connectivity index is 2.40. The smallest absolute Gasteiger partial charge is 0.263 e. The number of anilines is 2. The van der Waals surface area contributed by atoms with Crippen molar-refractivity contribution in [1.29, 1.82) is 0 Å². The molecule has 1 amide bonds. The molecule has 0 radical (unpaired) electrons. The molecular weight excluding hydrogens is 455 g/mol. The lowest BCUT2D eigenvalue weighted by Gasteiger charge is -2.12. The van der Waals surface area contributed by atoms with E-state index in [9.17, 15) is 17.6 Å². The van der Waals surface area contributed by atoms with Crippen molar-refractivity contribution >= 4 is 59.2 Å². The molecule has 122 valence electrons. The van der Waals surface area contributed by atoms with Crippen LogP contribution in [0.1, 0.15) is 6.92 Å². The first kappa shape index (κ1) is 17.9. The Bertz CT molecular complexity index is 872. The third-order valence-corrected chi connectivity index (χ3v) is 5.57. The summed E-state index contributed by atoms with van der Waals surface area (Å²) in [5.41, 5.74) is 0.0213. The minimum atomic E-state index is -4.01. The van der Waals surface area contributed by atoms with E-state index in [0.29, 0.717) is 8.95 Å². The summed E-state index contributed by atoms with van der Waals surface area (Å²) < 4.78 is 41.8. The molecule has 0 aliphatic rings. The van der Waals surface area contributed by atoms with Crippen LogP contribution in [0.2, 0.25) is 0 Å². The fourth-order valence-electron chi connectivity index (χ4n) is 1.77. The molecule has 23 heavy (non-hydrogen) atoms. The molecule has 0 aliphatic carbocycles. The van der Waals surface area contributed by atoms with Gasteiger partial charge in [0.25, 0.3) is 10.0 Å². The first-order valence-electron chi connectivity index (χ1n) is 6.24. The van der Waals surface area contributed by atoms with Crippen molar-refractivity contribution in [2.24, 2.45) is 0 Å². The van der Waals surface area contributed by atoms with Gasteiger partial charge in [0.05, 0.1) is 5.69 Å². The van der Waals surface area contributed by atoms with Gasteiger partial charge in [0.15, 0.2) is 0 Å². The maximum absolute atomic E-state index is 13.9. The predicted molar refractivity (Wildman–Crippen MR) is 93.4 cm³/mol. The maximum atomic E-state index is 13.9. The summed E-state index contributed by atoms with van der Waals surface area (Å²) in [5, 5.41) is 2.46. The molecule has 2 rings (SSSR count). The van der Waals surface area contributed by atoms with Crippen LogP contribution < -0.4 is 10.0 Å². The van der Waals surface area contributed by atoms with Gasteiger partial charge in [-0.25, -0.2) is 12.8 Å². The lowest BCUT2D eigenvalue weighted by atomic mass is 10.2. The minimum absolute atomic E-state index is 0.0452. The predicted octanol–water partition coefficient (Wildman–Crippen LogP) is 4.11. The maximum Gasteiger partial charge on any atom is 0.263 e. The molecule has 0 fully saturated rings. The van der Waals surface area contributed by atoms with Crippen molar-refractivity contribution in [3.63, 3.8) is 0 Å². The zero-order valence-corrected chi connectivity index (χ0v) is 15.7. The summed E-state index contributed by atoms with van der Waals surface area (Å²) in [6.07, 6.45) is 0. The average Bonchev–Trinajstić information content (AvgIpc) is 2.44. The number of sulfonamides is 1. The summed E-state index contributed by atoms with van der Waals surface area (Å²) in [7, 11) is -4.01. The lowest BCUT2D eigenvalue weighted by Crippen LogP contribution is -2.15. The monoisotopic (exact) mass is 464 g/mol. The van der Waals surface area contributed by atoms with Gasteiger partial charge in [0.1, 0.15) is 10.7 Å². The van der Waals surface area contributed by atoms with Crippen LogP contribution in [-0.4, -0.2) is 14.3 Å². The molecule has 0 spiro atoms. The normalized spacial score (nSPS) is 11.1. The zero-order valence-electron chi connectivity index (χ0n) is 11.7. The SMILES string of the molecule is CC(=O)Nc1ccc(F)c(NS(=O)(=O)c2cc(Br)ccc2Br)c1. The van der Waals surface area contributed by atoms with Gasteiger partial charge < -0.3 is 5.32 Å². The number of carbonyl (C=O) groups excluding carboxylic acids is 1. The van der Waals surface area contributed by atoms with Crippen molar-refractivity contribution in [2.75, 3.05) is 10.0 Å². The Morgan fingerprint density at radius 3 is 2.48 bits per heavy atom. The van der Waals surface area contributed by atoms with E-state index >= 15 is 0 Å². The summed E-state index contributed by atoms with van der Waals surface area (Å²) in [5.74, 6) is -1.10. The van der Waals surface area contributed by atoms with Gasteiger partial charge in [-0.1, -0.05) is 15.9 Å². The summed E-state index contributed by atoms with van der Waals surface area (Å²) in [4.78, 5) is 11.0. The summed E-state index contributed by atoms with van der Waals surface area (Å²) >= 11 is 6.35. The highest BCUT2D eigenvalue weighted by atomic mass is 79.9. The second-order valence-corrected chi connectivity index (χ2v) is 7.98. The molecule has 5 nitrogen and oxygen atoms in total. The van der Waals surface area contributed by atoms with Gasteiger partial charge in [-0.2, -0.15) is 0 Å². The van der Waals surface area contributed by atoms with Crippen LogP contribution in [0, 0.1) is 5.82 Å². The van der Waals surface area contributed by atoms with Crippen LogP contribution in [0.5, 0.6) is 0 Å². The standard InChI is InChI=1S/C14H11Br2FN2O3S/c1-8(20)18-10-3-5-12(17)13(7-10)19-23(21,22)14-6-9(15)2-4-11(14)16/h2-7,19H,1H3,(H,18,20). The number of hydrogen-bond acceptors (Lipinski definition) is 3. The lowest BCUT2D eigenvalue weighted by molar-refractivity contribution is -0.114. The summed E-state index contributed by atoms with van der Waals surface area (Å²) in [6, 6.07) is 8.23. The molecule has 2 N–H and O–H groups in total. The largest absolute Gasteiger partial charge is 0.326 e. The van der Waals surface area contributed by atoms with E-state index in [4.69, 9.17) is 0 Å². The van der Waals surface area contributed by atoms with Crippen LogP contribution >= 0.6 is 31.9 Å².